The predicted molar refractivity (Wildman–Crippen MR) is 73.5 cm³/mol. The molecule has 2 aromatic rings. The zero-order valence-electron chi connectivity index (χ0n) is 9.08. The molecule has 0 fully saturated rings. The maximum atomic E-state index is 13.0. The molecule has 92 valence electrons. The molecule has 0 heterocycles. The summed E-state index contributed by atoms with van der Waals surface area (Å²) in [5.41, 5.74) is 0.849. The van der Waals surface area contributed by atoms with Crippen molar-refractivity contribution >= 4 is 39.1 Å². The van der Waals surface area contributed by atoms with Crippen molar-refractivity contribution in [3.05, 3.63) is 63.3 Å². The fourth-order valence-corrected chi connectivity index (χ4v) is 1.90. The van der Waals surface area contributed by atoms with Gasteiger partial charge >= 0.3 is 0 Å². The third kappa shape index (κ3) is 3.09. The standard InChI is InChI=1S/C13H8BrClFNO/c14-11-6-8(4-5-12(11)15)13(18)17-10-3-1-2-9(16)7-10/h1-7H,(H,17,18). The van der Waals surface area contributed by atoms with Crippen LogP contribution in [0.4, 0.5) is 10.1 Å². The van der Waals surface area contributed by atoms with Gasteiger partial charge in [-0.1, -0.05) is 17.7 Å². The van der Waals surface area contributed by atoms with Crippen molar-refractivity contribution in [2.45, 2.75) is 0 Å². The SMILES string of the molecule is O=C(Nc1cccc(F)c1)c1ccc(Cl)c(Br)c1. The van der Waals surface area contributed by atoms with Crippen LogP contribution >= 0.6 is 27.5 Å². The number of amides is 1. The van der Waals surface area contributed by atoms with Gasteiger partial charge in [0.05, 0.1) is 5.02 Å². The van der Waals surface area contributed by atoms with Crippen LogP contribution in [-0.4, -0.2) is 5.91 Å². The Hall–Kier alpha value is -1.39. The number of hydrogen-bond acceptors (Lipinski definition) is 1. The fourth-order valence-electron chi connectivity index (χ4n) is 1.41. The van der Waals surface area contributed by atoms with Gasteiger partial charge in [-0.15, -0.1) is 0 Å². The number of carbonyl (C=O) groups excluding carboxylic acids is 1. The van der Waals surface area contributed by atoms with Gasteiger partial charge in [-0.3, -0.25) is 4.79 Å². The first-order chi connectivity index (χ1) is 8.56. The van der Waals surface area contributed by atoms with Crippen LogP contribution in [-0.2, 0) is 0 Å². The smallest absolute Gasteiger partial charge is 0.255 e. The van der Waals surface area contributed by atoms with E-state index in [-0.39, 0.29) is 5.91 Å². The van der Waals surface area contributed by atoms with Crippen LogP contribution < -0.4 is 5.32 Å². The van der Waals surface area contributed by atoms with Crippen molar-refractivity contribution in [1.82, 2.24) is 0 Å². The highest BCUT2D eigenvalue weighted by Crippen LogP contribution is 2.23. The first-order valence-corrected chi connectivity index (χ1v) is 6.25. The minimum absolute atomic E-state index is 0.321. The molecule has 0 spiro atoms. The van der Waals surface area contributed by atoms with Gasteiger partial charge in [0, 0.05) is 15.7 Å². The summed E-state index contributed by atoms with van der Waals surface area (Å²) in [6.07, 6.45) is 0. The Labute approximate surface area is 117 Å². The maximum absolute atomic E-state index is 13.0. The molecular formula is C13H8BrClFNO. The van der Waals surface area contributed by atoms with Crippen molar-refractivity contribution in [3.63, 3.8) is 0 Å². The summed E-state index contributed by atoms with van der Waals surface area (Å²) in [6.45, 7) is 0. The van der Waals surface area contributed by atoms with E-state index in [4.69, 9.17) is 11.6 Å². The van der Waals surface area contributed by atoms with Crippen molar-refractivity contribution in [2.24, 2.45) is 0 Å². The van der Waals surface area contributed by atoms with Crippen LogP contribution in [0.1, 0.15) is 10.4 Å². The number of anilines is 1. The van der Waals surface area contributed by atoms with E-state index in [0.29, 0.717) is 20.7 Å². The number of rotatable bonds is 2. The number of carbonyl (C=O) groups is 1. The third-order valence-electron chi connectivity index (χ3n) is 2.26. The largest absolute Gasteiger partial charge is 0.322 e. The molecule has 0 atom stereocenters. The van der Waals surface area contributed by atoms with Crippen LogP contribution in [0.2, 0.25) is 5.02 Å². The summed E-state index contributed by atoms with van der Waals surface area (Å²) < 4.78 is 13.6. The summed E-state index contributed by atoms with van der Waals surface area (Å²) in [7, 11) is 0. The normalized spacial score (nSPS) is 10.2. The Morgan fingerprint density at radius 2 is 2.00 bits per heavy atom. The van der Waals surface area contributed by atoms with Crippen LogP contribution in [0.15, 0.2) is 46.9 Å². The first-order valence-electron chi connectivity index (χ1n) is 5.08. The average Bonchev–Trinajstić information content (AvgIpc) is 2.32. The van der Waals surface area contributed by atoms with E-state index < -0.39 is 5.82 Å². The number of halogens is 3. The number of benzene rings is 2. The first kappa shape index (κ1) is 13.1. The topological polar surface area (TPSA) is 29.1 Å². The summed E-state index contributed by atoms with van der Waals surface area (Å²) in [6, 6.07) is 10.5. The van der Waals surface area contributed by atoms with E-state index in [0.717, 1.165) is 0 Å². The lowest BCUT2D eigenvalue weighted by Crippen LogP contribution is -2.11. The summed E-state index contributed by atoms with van der Waals surface area (Å²) in [4.78, 5) is 11.9. The maximum Gasteiger partial charge on any atom is 0.255 e. The van der Waals surface area contributed by atoms with E-state index in [1.807, 2.05) is 0 Å². The molecule has 0 saturated carbocycles. The fraction of sp³-hybridized carbons (Fsp3) is 0. The highest BCUT2D eigenvalue weighted by atomic mass is 79.9. The lowest BCUT2D eigenvalue weighted by Gasteiger charge is -2.06. The highest BCUT2D eigenvalue weighted by molar-refractivity contribution is 9.10. The lowest BCUT2D eigenvalue weighted by molar-refractivity contribution is 0.102. The minimum atomic E-state index is -0.398. The summed E-state index contributed by atoms with van der Waals surface area (Å²) >= 11 is 9.08. The molecule has 2 nitrogen and oxygen atoms in total. The molecule has 18 heavy (non-hydrogen) atoms. The monoisotopic (exact) mass is 327 g/mol. The van der Waals surface area contributed by atoms with Gasteiger partial charge in [-0.2, -0.15) is 0 Å². The van der Waals surface area contributed by atoms with E-state index in [1.165, 1.54) is 18.2 Å². The van der Waals surface area contributed by atoms with Crippen LogP contribution in [0.3, 0.4) is 0 Å². The van der Waals surface area contributed by atoms with Gasteiger partial charge in [-0.25, -0.2) is 4.39 Å². The van der Waals surface area contributed by atoms with Crippen molar-refractivity contribution in [3.8, 4) is 0 Å². The average molecular weight is 329 g/mol. The molecule has 0 aliphatic carbocycles. The molecule has 0 bridgehead atoms. The molecule has 2 aromatic carbocycles. The zero-order chi connectivity index (χ0) is 13.1. The van der Waals surface area contributed by atoms with Crippen molar-refractivity contribution < 1.29 is 9.18 Å². The Morgan fingerprint density at radius 3 is 2.67 bits per heavy atom. The molecule has 0 aliphatic rings. The second-order valence-electron chi connectivity index (χ2n) is 3.59. The highest BCUT2D eigenvalue weighted by Gasteiger charge is 2.08. The Morgan fingerprint density at radius 1 is 1.22 bits per heavy atom. The molecule has 0 aromatic heterocycles. The van der Waals surface area contributed by atoms with Gasteiger partial charge in [0.2, 0.25) is 0 Å². The van der Waals surface area contributed by atoms with Crippen LogP contribution in [0.25, 0.3) is 0 Å². The number of nitrogens with one attached hydrogen (secondary N) is 1. The van der Waals surface area contributed by atoms with Crippen molar-refractivity contribution in [2.75, 3.05) is 5.32 Å². The van der Waals surface area contributed by atoms with E-state index >= 15 is 0 Å². The molecule has 1 N–H and O–H groups in total. The molecule has 5 heteroatoms. The van der Waals surface area contributed by atoms with Crippen LogP contribution in [0.5, 0.6) is 0 Å². The van der Waals surface area contributed by atoms with E-state index in [2.05, 4.69) is 21.2 Å². The predicted octanol–water partition coefficient (Wildman–Crippen LogP) is 4.49. The van der Waals surface area contributed by atoms with Gasteiger partial charge in [0.25, 0.3) is 5.91 Å². The van der Waals surface area contributed by atoms with Crippen LogP contribution in [0, 0.1) is 5.82 Å². The quantitative estimate of drug-likeness (QED) is 0.864. The molecule has 2 rings (SSSR count). The second kappa shape index (κ2) is 5.50. The molecule has 0 saturated heterocycles. The molecule has 0 aliphatic heterocycles. The lowest BCUT2D eigenvalue weighted by atomic mass is 10.2. The number of hydrogen-bond donors (Lipinski definition) is 1. The van der Waals surface area contributed by atoms with Gasteiger partial charge in [0.1, 0.15) is 5.82 Å². The second-order valence-corrected chi connectivity index (χ2v) is 4.85. The van der Waals surface area contributed by atoms with Crippen molar-refractivity contribution in [1.29, 1.82) is 0 Å². The summed E-state index contributed by atoms with van der Waals surface area (Å²) in [5.74, 6) is -0.719. The molecule has 0 unspecified atom stereocenters. The van der Waals surface area contributed by atoms with Gasteiger partial charge < -0.3 is 5.32 Å². The van der Waals surface area contributed by atoms with Gasteiger partial charge in [0.15, 0.2) is 0 Å². The third-order valence-corrected chi connectivity index (χ3v) is 3.48. The molecular weight excluding hydrogens is 321 g/mol. The minimum Gasteiger partial charge on any atom is -0.322 e. The van der Waals surface area contributed by atoms with E-state index in [1.54, 1.807) is 24.3 Å². The Kier molecular flexibility index (Phi) is 3.99. The summed E-state index contributed by atoms with van der Waals surface area (Å²) in [5, 5.41) is 3.13. The molecule has 0 radical (unpaired) electrons. The van der Waals surface area contributed by atoms with E-state index in [9.17, 15) is 9.18 Å². The zero-order valence-corrected chi connectivity index (χ0v) is 11.4. The van der Waals surface area contributed by atoms with Gasteiger partial charge in [-0.05, 0) is 52.3 Å². The molecule has 1 amide bonds. The Bertz CT molecular complexity index is 603. The Balaban J connectivity index is 2.19.